The van der Waals surface area contributed by atoms with Crippen LogP contribution >= 0.6 is 0 Å². The molecule has 0 spiro atoms. The highest BCUT2D eigenvalue weighted by Gasteiger charge is 2.39. The number of anilines is 3. The Morgan fingerprint density at radius 1 is 1.11 bits per heavy atom. The molecule has 5 rings (SSSR count). The molecular weight excluding hydrogens is 336 g/mol. The zero-order valence-corrected chi connectivity index (χ0v) is 15.5. The second-order valence-electron chi connectivity index (χ2n) is 7.96. The fourth-order valence-corrected chi connectivity index (χ4v) is 4.74. The van der Waals surface area contributed by atoms with Crippen LogP contribution in [0.25, 0.3) is 11.0 Å². The van der Waals surface area contributed by atoms with Crippen molar-refractivity contribution in [2.24, 2.45) is 17.8 Å². The Bertz CT molecular complexity index is 972. The van der Waals surface area contributed by atoms with Crippen molar-refractivity contribution in [3.63, 3.8) is 0 Å². The lowest BCUT2D eigenvalue weighted by Crippen LogP contribution is -2.21. The minimum Gasteiger partial charge on any atom is -0.354 e. The smallest absolute Gasteiger partial charge is 0.223 e. The minimum atomic E-state index is 0.660. The van der Waals surface area contributed by atoms with Crippen LogP contribution in [-0.2, 0) is 0 Å². The molecule has 2 aliphatic rings. The molecule has 2 aromatic heterocycles. The SMILES string of the molecule is Cc1cccc(Nc2ncnc3cnc(NCC4CC5CCC4C5)nc23)c1. The van der Waals surface area contributed by atoms with E-state index in [1.165, 1.54) is 31.2 Å². The molecule has 2 N–H and O–H groups in total. The molecule has 0 aliphatic heterocycles. The van der Waals surface area contributed by atoms with Crippen molar-refractivity contribution >= 4 is 28.5 Å². The fourth-order valence-electron chi connectivity index (χ4n) is 4.74. The number of hydrogen-bond acceptors (Lipinski definition) is 6. The number of fused-ring (bicyclic) bond motifs is 3. The Kier molecular flexibility index (Phi) is 4.11. The first-order valence-electron chi connectivity index (χ1n) is 9.80. The third-order valence-corrected chi connectivity index (χ3v) is 6.07. The van der Waals surface area contributed by atoms with E-state index in [9.17, 15) is 0 Å². The van der Waals surface area contributed by atoms with Gasteiger partial charge in [0, 0.05) is 12.2 Å². The molecule has 0 radical (unpaired) electrons. The summed E-state index contributed by atoms with van der Waals surface area (Å²) in [4.78, 5) is 17.9. The van der Waals surface area contributed by atoms with Crippen molar-refractivity contribution in [1.82, 2.24) is 19.9 Å². The summed E-state index contributed by atoms with van der Waals surface area (Å²) in [6, 6.07) is 8.21. The number of aryl methyl sites for hydroxylation is 1. The van der Waals surface area contributed by atoms with Gasteiger partial charge in [-0.15, -0.1) is 0 Å². The van der Waals surface area contributed by atoms with Crippen LogP contribution in [0, 0.1) is 24.7 Å². The van der Waals surface area contributed by atoms with Crippen LogP contribution < -0.4 is 10.6 Å². The fraction of sp³-hybridized carbons (Fsp3) is 0.429. The lowest BCUT2D eigenvalue weighted by Gasteiger charge is -2.21. The molecule has 2 bridgehead atoms. The molecular formula is C21H24N6. The van der Waals surface area contributed by atoms with Crippen LogP contribution in [-0.4, -0.2) is 26.5 Å². The maximum atomic E-state index is 4.71. The van der Waals surface area contributed by atoms with Crippen molar-refractivity contribution in [3.05, 3.63) is 42.4 Å². The Balaban J connectivity index is 1.37. The van der Waals surface area contributed by atoms with Gasteiger partial charge in [0.25, 0.3) is 0 Å². The molecule has 2 saturated carbocycles. The highest BCUT2D eigenvalue weighted by Crippen LogP contribution is 2.48. The maximum Gasteiger partial charge on any atom is 0.223 e. The second kappa shape index (κ2) is 6.76. The molecule has 27 heavy (non-hydrogen) atoms. The molecule has 1 aromatic carbocycles. The van der Waals surface area contributed by atoms with Crippen LogP contribution in [0.4, 0.5) is 17.5 Å². The number of nitrogens with one attached hydrogen (secondary N) is 2. The molecule has 0 saturated heterocycles. The van der Waals surface area contributed by atoms with Crippen LogP contribution in [0.15, 0.2) is 36.8 Å². The topological polar surface area (TPSA) is 75.6 Å². The molecule has 6 heteroatoms. The van der Waals surface area contributed by atoms with Gasteiger partial charge in [-0.05, 0) is 61.6 Å². The van der Waals surface area contributed by atoms with Crippen molar-refractivity contribution in [2.45, 2.75) is 32.6 Å². The van der Waals surface area contributed by atoms with E-state index in [1.807, 2.05) is 12.1 Å². The predicted molar refractivity (Wildman–Crippen MR) is 107 cm³/mol. The van der Waals surface area contributed by atoms with Gasteiger partial charge >= 0.3 is 0 Å². The number of aromatic nitrogens is 4. The molecule has 3 atom stereocenters. The van der Waals surface area contributed by atoms with E-state index in [0.29, 0.717) is 11.8 Å². The molecule has 3 unspecified atom stereocenters. The van der Waals surface area contributed by atoms with Crippen molar-refractivity contribution < 1.29 is 0 Å². The highest BCUT2D eigenvalue weighted by atomic mass is 15.1. The van der Waals surface area contributed by atoms with Crippen LogP contribution in [0.1, 0.15) is 31.2 Å². The average molecular weight is 360 g/mol. The average Bonchev–Trinajstić information content (AvgIpc) is 3.30. The summed E-state index contributed by atoms with van der Waals surface area (Å²) in [5.74, 6) is 3.98. The zero-order chi connectivity index (χ0) is 18.2. The highest BCUT2D eigenvalue weighted by molar-refractivity contribution is 5.87. The summed E-state index contributed by atoms with van der Waals surface area (Å²) in [7, 11) is 0. The Labute approximate surface area is 158 Å². The second-order valence-corrected chi connectivity index (χ2v) is 7.96. The van der Waals surface area contributed by atoms with Crippen LogP contribution in [0.3, 0.4) is 0 Å². The van der Waals surface area contributed by atoms with Gasteiger partial charge in [0.2, 0.25) is 5.95 Å². The molecule has 2 heterocycles. The van der Waals surface area contributed by atoms with Crippen molar-refractivity contribution in [1.29, 1.82) is 0 Å². The molecule has 138 valence electrons. The van der Waals surface area contributed by atoms with Gasteiger partial charge in [-0.1, -0.05) is 18.6 Å². The third kappa shape index (κ3) is 3.31. The first kappa shape index (κ1) is 16.4. The first-order valence-corrected chi connectivity index (χ1v) is 9.80. The van der Waals surface area contributed by atoms with E-state index in [0.717, 1.165) is 41.0 Å². The Morgan fingerprint density at radius 2 is 2.07 bits per heavy atom. The number of benzene rings is 1. The molecule has 0 amide bonds. The maximum absolute atomic E-state index is 4.71. The predicted octanol–water partition coefficient (Wildman–Crippen LogP) is 4.32. The summed E-state index contributed by atoms with van der Waals surface area (Å²) in [5, 5.41) is 6.82. The zero-order valence-electron chi connectivity index (χ0n) is 15.5. The van der Waals surface area contributed by atoms with E-state index in [2.05, 4.69) is 44.6 Å². The van der Waals surface area contributed by atoms with E-state index in [4.69, 9.17) is 4.98 Å². The lowest BCUT2D eigenvalue weighted by molar-refractivity contribution is 0.348. The Morgan fingerprint density at radius 3 is 2.89 bits per heavy atom. The Hall–Kier alpha value is -2.76. The van der Waals surface area contributed by atoms with Gasteiger partial charge in [0.15, 0.2) is 5.82 Å². The number of nitrogens with zero attached hydrogens (tertiary/aromatic N) is 4. The third-order valence-electron chi connectivity index (χ3n) is 6.07. The molecule has 2 fully saturated rings. The van der Waals surface area contributed by atoms with E-state index < -0.39 is 0 Å². The normalized spacial score (nSPS) is 23.7. The van der Waals surface area contributed by atoms with E-state index in [-0.39, 0.29) is 0 Å². The standard InChI is InChI=1S/C21H24N6/c1-13-3-2-4-17(7-13)26-20-19-18(24-12-25-20)11-23-21(27-19)22-10-16-9-14-5-6-15(16)8-14/h2-4,7,11-12,14-16H,5-6,8-10H2,1H3,(H,22,23,27)(H,24,25,26). The molecule has 2 aliphatic carbocycles. The van der Waals surface area contributed by atoms with Gasteiger partial charge in [-0.2, -0.15) is 0 Å². The van der Waals surface area contributed by atoms with E-state index >= 15 is 0 Å². The monoisotopic (exact) mass is 360 g/mol. The summed E-state index contributed by atoms with van der Waals surface area (Å²) >= 11 is 0. The van der Waals surface area contributed by atoms with E-state index in [1.54, 1.807) is 12.5 Å². The summed E-state index contributed by atoms with van der Waals surface area (Å²) < 4.78 is 0. The number of hydrogen-bond donors (Lipinski definition) is 2. The van der Waals surface area contributed by atoms with Gasteiger partial charge < -0.3 is 10.6 Å². The molecule has 6 nitrogen and oxygen atoms in total. The van der Waals surface area contributed by atoms with Crippen LogP contribution in [0.2, 0.25) is 0 Å². The largest absolute Gasteiger partial charge is 0.354 e. The van der Waals surface area contributed by atoms with Gasteiger partial charge in [0.1, 0.15) is 17.4 Å². The van der Waals surface area contributed by atoms with Crippen molar-refractivity contribution in [2.75, 3.05) is 17.2 Å². The van der Waals surface area contributed by atoms with Crippen molar-refractivity contribution in [3.8, 4) is 0 Å². The summed E-state index contributed by atoms with van der Waals surface area (Å²) in [6.45, 7) is 3.03. The lowest BCUT2D eigenvalue weighted by atomic mass is 9.89. The number of rotatable bonds is 5. The first-order chi connectivity index (χ1) is 13.2. The van der Waals surface area contributed by atoms with Gasteiger partial charge in [0.05, 0.1) is 6.20 Å². The van der Waals surface area contributed by atoms with Gasteiger partial charge in [-0.3, -0.25) is 0 Å². The quantitative estimate of drug-likeness (QED) is 0.706. The molecule has 3 aromatic rings. The van der Waals surface area contributed by atoms with Crippen LogP contribution in [0.5, 0.6) is 0 Å². The van der Waals surface area contributed by atoms with Gasteiger partial charge in [-0.25, -0.2) is 19.9 Å². The summed E-state index contributed by atoms with van der Waals surface area (Å²) in [6.07, 6.45) is 8.92. The minimum absolute atomic E-state index is 0.660. The summed E-state index contributed by atoms with van der Waals surface area (Å²) in [5.41, 5.74) is 3.67.